The third-order valence-corrected chi connectivity index (χ3v) is 4.02. The van der Waals surface area contributed by atoms with Crippen molar-refractivity contribution in [3.8, 4) is 0 Å². The van der Waals surface area contributed by atoms with E-state index in [1.165, 1.54) is 0 Å². The molecule has 0 aliphatic carbocycles. The van der Waals surface area contributed by atoms with Crippen LogP contribution in [0, 0.1) is 0 Å². The number of hydrogen-bond acceptors (Lipinski definition) is 8. The first kappa shape index (κ1) is 26.9. The van der Waals surface area contributed by atoms with Crippen molar-refractivity contribution in [2.45, 2.75) is 26.1 Å². The molecular formula is C22H38O8. The Bertz CT molecular complexity index is 501. The number of rotatable bonds is 20. The van der Waals surface area contributed by atoms with Gasteiger partial charge in [-0.25, -0.2) is 0 Å². The highest BCUT2D eigenvalue weighted by atomic mass is 16.7. The van der Waals surface area contributed by atoms with Crippen LogP contribution < -0.4 is 0 Å². The van der Waals surface area contributed by atoms with E-state index >= 15 is 0 Å². The predicted molar refractivity (Wildman–Crippen MR) is 112 cm³/mol. The van der Waals surface area contributed by atoms with Crippen LogP contribution in [-0.2, 0) is 45.4 Å². The minimum absolute atomic E-state index is 0.249. The van der Waals surface area contributed by atoms with E-state index in [1.54, 1.807) is 21.0 Å². The van der Waals surface area contributed by atoms with Crippen molar-refractivity contribution in [2.24, 2.45) is 0 Å². The number of ether oxygens (including phenoxy) is 7. The van der Waals surface area contributed by atoms with Crippen molar-refractivity contribution in [1.82, 2.24) is 0 Å². The monoisotopic (exact) mass is 430 g/mol. The summed E-state index contributed by atoms with van der Waals surface area (Å²) < 4.78 is 37.1. The van der Waals surface area contributed by atoms with E-state index in [1.807, 2.05) is 24.3 Å². The van der Waals surface area contributed by atoms with Crippen LogP contribution in [0.1, 0.15) is 25.0 Å². The standard InChI is InChI=1S/C22H38O8/c1-22(2,23)21-6-4-20(5-7-21)18-28-16-14-26-12-10-25-11-13-27-15-17-30-19-29-9-8-24-3/h4-7,23H,8-19H2,1-3H3. The Kier molecular flexibility index (Phi) is 15.8. The zero-order valence-electron chi connectivity index (χ0n) is 18.6. The Labute approximate surface area is 180 Å². The third-order valence-electron chi connectivity index (χ3n) is 4.02. The van der Waals surface area contributed by atoms with Crippen LogP contribution in [0.15, 0.2) is 24.3 Å². The molecule has 8 heteroatoms. The van der Waals surface area contributed by atoms with Crippen LogP contribution in [-0.4, -0.2) is 85.1 Å². The van der Waals surface area contributed by atoms with Gasteiger partial charge in [0.15, 0.2) is 0 Å². The van der Waals surface area contributed by atoms with E-state index in [4.69, 9.17) is 33.2 Å². The smallest absolute Gasteiger partial charge is 0.146 e. The molecule has 0 atom stereocenters. The summed E-state index contributed by atoms with van der Waals surface area (Å²) in [5, 5.41) is 9.94. The third kappa shape index (κ3) is 14.8. The highest BCUT2D eigenvalue weighted by Gasteiger charge is 2.14. The van der Waals surface area contributed by atoms with Crippen LogP contribution in [0.5, 0.6) is 0 Å². The van der Waals surface area contributed by atoms with Gasteiger partial charge in [0.2, 0.25) is 0 Å². The average Bonchev–Trinajstić information content (AvgIpc) is 2.72. The van der Waals surface area contributed by atoms with Crippen LogP contribution in [0.25, 0.3) is 0 Å². The Morgan fingerprint density at radius 2 is 1.07 bits per heavy atom. The fraction of sp³-hybridized carbons (Fsp3) is 0.727. The first-order valence-corrected chi connectivity index (χ1v) is 10.3. The lowest BCUT2D eigenvalue weighted by Gasteiger charge is -2.17. The summed E-state index contributed by atoms with van der Waals surface area (Å²) >= 11 is 0. The molecule has 0 amide bonds. The summed E-state index contributed by atoms with van der Waals surface area (Å²) in [6.07, 6.45) is 0. The van der Waals surface area contributed by atoms with Crippen molar-refractivity contribution in [1.29, 1.82) is 0 Å². The van der Waals surface area contributed by atoms with Gasteiger partial charge in [0, 0.05) is 7.11 Å². The normalized spacial score (nSPS) is 11.9. The Hall–Kier alpha value is -1.10. The molecule has 1 N–H and O–H groups in total. The summed E-state index contributed by atoms with van der Waals surface area (Å²) in [4.78, 5) is 0. The minimum atomic E-state index is -0.824. The molecular weight excluding hydrogens is 392 g/mol. The molecule has 0 aliphatic heterocycles. The van der Waals surface area contributed by atoms with Crippen molar-refractivity contribution >= 4 is 0 Å². The fourth-order valence-corrected chi connectivity index (χ4v) is 2.30. The summed E-state index contributed by atoms with van der Waals surface area (Å²) in [7, 11) is 1.63. The SMILES string of the molecule is COCCOCOCCOCCOCCOCCOCc1ccc(C(C)(C)O)cc1. The van der Waals surface area contributed by atoms with E-state index in [2.05, 4.69) is 0 Å². The quantitative estimate of drug-likeness (QED) is 0.249. The maximum absolute atomic E-state index is 9.94. The van der Waals surface area contributed by atoms with Gasteiger partial charge in [0.25, 0.3) is 0 Å². The molecule has 0 aromatic heterocycles. The van der Waals surface area contributed by atoms with Crippen molar-refractivity contribution in [3.05, 3.63) is 35.4 Å². The average molecular weight is 431 g/mol. The molecule has 0 saturated heterocycles. The topological polar surface area (TPSA) is 84.8 Å². The molecule has 1 rings (SSSR count). The molecule has 0 radical (unpaired) electrons. The van der Waals surface area contributed by atoms with E-state index in [-0.39, 0.29) is 6.79 Å². The first-order valence-electron chi connectivity index (χ1n) is 10.3. The Balaban J connectivity index is 1.81. The first-order chi connectivity index (χ1) is 14.5. The largest absolute Gasteiger partial charge is 0.386 e. The second-order valence-corrected chi connectivity index (χ2v) is 7.07. The molecule has 1 aromatic rings. The predicted octanol–water partition coefficient (Wildman–Crippen LogP) is 2.12. The molecule has 1 aromatic carbocycles. The number of hydrogen-bond donors (Lipinski definition) is 1. The van der Waals surface area contributed by atoms with Gasteiger partial charge in [-0.1, -0.05) is 24.3 Å². The van der Waals surface area contributed by atoms with E-state index in [9.17, 15) is 5.11 Å². The second kappa shape index (κ2) is 17.6. The van der Waals surface area contributed by atoms with Gasteiger partial charge in [0.05, 0.1) is 78.3 Å². The van der Waals surface area contributed by atoms with Gasteiger partial charge in [-0.15, -0.1) is 0 Å². The second-order valence-electron chi connectivity index (χ2n) is 7.07. The minimum Gasteiger partial charge on any atom is -0.386 e. The van der Waals surface area contributed by atoms with Crippen molar-refractivity contribution in [2.75, 3.05) is 80.0 Å². The van der Waals surface area contributed by atoms with E-state index < -0.39 is 5.60 Å². The van der Waals surface area contributed by atoms with E-state index in [0.29, 0.717) is 72.7 Å². The molecule has 0 spiro atoms. The van der Waals surface area contributed by atoms with Gasteiger partial charge in [-0.2, -0.15) is 0 Å². The molecule has 0 fully saturated rings. The van der Waals surface area contributed by atoms with Crippen LogP contribution in [0.2, 0.25) is 0 Å². The number of methoxy groups -OCH3 is 1. The highest BCUT2D eigenvalue weighted by molar-refractivity contribution is 5.25. The zero-order valence-corrected chi connectivity index (χ0v) is 18.6. The van der Waals surface area contributed by atoms with Gasteiger partial charge >= 0.3 is 0 Å². The van der Waals surface area contributed by atoms with Crippen molar-refractivity contribution < 1.29 is 38.3 Å². The van der Waals surface area contributed by atoms with Crippen LogP contribution in [0.3, 0.4) is 0 Å². The Morgan fingerprint density at radius 1 is 0.633 bits per heavy atom. The lowest BCUT2D eigenvalue weighted by atomic mass is 9.97. The lowest BCUT2D eigenvalue weighted by Crippen LogP contribution is -2.15. The summed E-state index contributed by atoms with van der Waals surface area (Å²) in [6.45, 7) is 9.50. The summed E-state index contributed by atoms with van der Waals surface area (Å²) in [5.74, 6) is 0. The lowest BCUT2D eigenvalue weighted by molar-refractivity contribution is -0.0815. The molecule has 8 nitrogen and oxygen atoms in total. The van der Waals surface area contributed by atoms with Crippen molar-refractivity contribution in [3.63, 3.8) is 0 Å². The summed E-state index contributed by atoms with van der Waals surface area (Å²) in [5.41, 5.74) is 1.13. The zero-order chi connectivity index (χ0) is 21.9. The number of benzene rings is 1. The number of aliphatic hydroxyl groups is 1. The van der Waals surface area contributed by atoms with Gasteiger partial charge in [-0.3, -0.25) is 0 Å². The molecule has 0 saturated carbocycles. The molecule has 0 bridgehead atoms. The fourth-order valence-electron chi connectivity index (χ4n) is 2.30. The maximum Gasteiger partial charge on any atom is 0.146 e. The van der Waals surface area contributed by atoms with Crippen LogP contribution in [0.4, 0.5) is 0 Å². The molecule has 0 aliphatic rings. The molecule has 0 heterocycles. The summed E-state index contributed by atoms with van der Waals surface area (Å²) in [6, 6.07) is 7.77. The maximum atomic E-state index is 9.94. The Morgan fingerprint density at radius 3 is 1.53 bits per heavy atom. The van der Waals surface area contributed by atoms with Gasteiger partial charge in [0.1, 0.15) is 6.79 Å². The molecule has 30 heavy (non-hydrogen) atoms. The van der Waals surface area contributed by atoms with Gasteiger partial charge < -0.3 is 38.3 Å². The van der Waals surface area contributed by atoms with E-state index in [0.717, 1.165) is 11.1 Å². The van der Waals surface area contributed by atoms with Crippen LogP contribution >= 0.6 is 0 Å². The molecule has 174 valence electrons. The molecule has 0 unspecified atom stereocenters. The van der Waals surface area contributed by atoms with Gasteiger partial charge in [-0.05, 0) is 25.0 Å². The highest BCUT2D eigenvalue weighted by Crippen LogP contribution is 2.19.